The molecular formula is C6H18Cl4N2O2Pt. The van der Waals surface area contributed by atoms with E-state index in [1.54, 1.807) is 0 Å². The summed E-state index contributed by atoms with van der Waals surface area (Å²) in [6.45, 7) is 1.62. The second-order valence-corrected chi connectivity index (χ2v) is 1.73. The van der Waals surface area contributed by atoms with Gasteiger partial charge >= 0.3 is 21.1 Å². The Labute approximate surface area is 131 Å². The predicted octanol–water partition coefficient (Wildman–Crippen LogP) is -13.3. The second-order valence-electron chi connectivity index (χ2n) is 1.73. The van der Waals surface area contributed by atoms with Gasteiger partial charge in [-0.3, -0.25) is 0 Å². The third kappa shape index (κ3) is 90.8. The van der Waals surface area contributed by atoms with Gasteiger partial charge in [0.2, 0.25) is 0 Å². The topological polar surface area (TPSA) is 92.5 Å². The molecule has 0 unspecified atom stereocenters. The van der Waals surface area contributed by atoms with Crippen molar-refractivity contribution in [2.75, 3.05) is 26.3 Å². The van der Waals surface area contributed by atoms with Crippen molar-refractivity contribution in [2.45, 2.75) is 12.8 Å². The van der Waals surface area contributed by atoms with E-state index in [0.29, 0.717) is 13.1 Å². The quantitative estimate of drug-likeness (QED) is 0.317. The van der Waals surface area contributed by atoms with E-state index < -0.39 is 0 Å². The van der Waals surface area contributed by atoms with Crippen LogP contribution >= 0.6 is 0 Å². The van der Waals surface area contributed by atoms with Crippen LogP contribution in [0.4, 0.5) is 0 Å². The Morgan fingerprint density at radius 1 is 0.667 bits per heavy atom. The Balaban J connectivity index is -0.0000000128. The van der Waals surface area contributed by atoms with Crippen LogP contribution in [0.5, 0.6) is 0 Å². The first-order valence-corrected chi connectivity index (χ1v) is 3.45. The number of aliphatic hydroxyl groups excluding tert-OH is 2. The molecule has 102 valence electrons. The molecule has 0 aliphatic rings. The van der Waals surface area contributed by atoms with Crippen molar-refractivity contribution >= 4 is 0 Å². The molecule has 0 saturated heterocycles. The number of hydrogen-bond acceptors (Lipinski definition) is 4. The molecule has 0 spiro atoms. The van der Waals surface area contributed by atoms with Crippen LogP contribution in [-0.2, 0) is 21.1 Å². The van der Waals surface area contributed by atoms with E-state index in [2.05, 4.69) is 0 Å². The summed E-state index contributed by atoms with van der Waals surface area (Å²) < 4.78 is 0. The first kappa shape index (κ1) is 43.8. The molecule has 0 saturated carbocycles. The molecule has 0 aliphatic carbocycles. The molecule has 0 aromatic carbocycles. The molecule has 0 aromatic rings. The Morgan fingerprint density at radius 3 is 0.867 bits per heavy atom. The molecule has 0 fully saturated rings. The number of aliphatic hydroxyl groups is 2. The summed E-state index contributed by atoms with van der Waals surface area (Å²) in [6.07, 6.45) is 1.44. The van der Waals surface area contributed by atoms with Gasteiger partial charge in [0.15, 0.2) is 0 Å². The molecule has 0 radical (unpaired) electrons. The molecular weight excluding hydrogens is 469 g/mol. The number of hydrogen-bond donors (Lipinski definition) is 4. The molecule has 0 aliphatic heterocycles. The summed E-state index contributed by atoms with van der Waals surface area (Å²) in [5, 5.41) is 16.0. The number of rotatable bonds is 4. The Kier molecular flexibility index (Phi) is 167. The van der Waals surface area contributed by atoms with Gasteiger partial charge in [0, 0.05) is 13.2 Å². The zero-order valence-electron chi connectivity index (χ0n) is 8.12. The first-order valence-electron chi connectivity index (χ1n) is 3.45. The Hall–Kier alpha value is 1.69. The number of halogens is 4. The zero-order chi connectivity index (χ0) is 8.24. The summed E-state index contributed by atoms with van der Waals surface area (Å²) in [7, 11) is 0. The molecule has 0 amide bonds. The van der Waals surface area contributed by atoms with Gasteiger partial charge in [-0.25, -0.2) is 0 Å². The minimum absolute atomic E-state index is 0. The fourth-order valence-corrected chi connectivity index (χ4v) is 0.183. The van der Waals surface area contributed by atoms with E-state index in [4.69, 9.17) is 21.7 Å². The fourth-order valence-electron chi connectivity index (χ4n) is 0.183. The van der Waals surface area contributed by atoms with Crippen molar-refractivity contribution in [3.8, 4) is 0 Å². The molecule has 0 rings (SSSR count). The van der Waals surface area contributed by atoms with E-state index >= 15 is 0 Å². The minimum atomic E-state index is 0. The van der Waals surface area contributed by atoms with Crippen LogP contribution in [0.1, 0.15) is 12.8 Å². The van der Waals surface area contributed by atoms with Gasteiger partial charge in [-0.15, -0.1) is 0 Å². The van der Waals surface area contributed by atoms with Gasteiger partial charge in [0.1, 0.15) is 0 Å². The molecule has 0 aromatic heterocycles. The minimum Gasteiger partial charge on any atom is -1.00 e. The molecule has 9 heteroatoms. The van der Waals surface area contributed by atoms with Crippen LogP contribution in [0.2, 0.25) is 0 Å². The summed E-state index contributed by atoms with van der Waals surface area (Å²) >= 11 is 0. The Morgan fingerprint density at radius 2 is 0.867 bits per heavy atom. The summed E-state index contributed by atoms with van der Waals surface area (Å²) in [5.74, 6) is 0. The molecule has 0 atom stereocenters. The maximum absolute atomic E-state index is 7.99. The largest absolute Gasteiger partial charge is 4.00 e. The van der Waals surface area contributed by atoms with Crippen LogP contribution in [0.3, 0.4) is 0 Å². The molecule has 6 N–H and O–H groups in total. The van der Waals surface area contributed by atoms with E-state index in [-0.39, 0.29) is 83.9 Å². The number of nitrogens with two attached hydrogens (primary N) is 2. The SMILES string of the molecule is NCCCO.NCCCO.[Cl-].[Cl-].[Cl-].[Cl-].[Pt+4]. The smallest absolute Gasteiger partial charge is 1.00 e. The normalized spacial score (nSPS) is 5.60. The average molecular weight is 487 g/mol. The summed E-state index contributed by atoms with van der Waals surface area (Å²) in [6, 6.07) is 0. The van der Waals surface area contributed by atoms with E-state index in [1.807, 2.05) is 0 Å². The third-order valence-corrected chi connectivity index (χ3v) is 0.724. The molecule has 4 nitrogen and oxygen atoms in total. The van der Waals surface area contributed by atoms with E-state index in [0.717, 1.165) is 12.8 Å². The van der Waals surface area contributed by atoms with Gasteiger partial charge in [0.25, 0.3) is 0 Å². The van der Waals surface area contributed by atoms with Crippen molar-refractivity contribution in [1.29, 1.82) is 0 Å². The van der Waals surface area contributed by atoms with Crippen LogP contribution in [0, 0.1) is 0 Å². The Bertz CT molecular complexity index is 52.1. The fraction of sp³-hybridized carbons (Fsp3) is 1.00. The van der Waals surface area contributed by atoms with Crippen LogP contribution < -0.4 is 61.1 Å². The average Bonchev–Trinajstić information content (AvgIpc) is 1.93. The van der Waals surface area contributed by atoms with Crippen LogP contribution in [0.15, 0.2) is 0 Å². The van der Waals surface area contributed by atoms with Crippen molar-refractivity contribution in [1.82, 2.24) is 0 Å². The van der Waals surface area contributed by atoms with Gasteiger partial charge in [-0.2, -0.15) is 0 Å². The standard InChI is InChI=1S/2C3H9NO.4ClH.Pt/c2*4-2-1-3-5;;;;;/h2*5H,1-4H2;4*1H;/q;;;;;;+4/p-4. The maximum Gasteiger partial charge on any atom is 4.00 e. The van der Waals surface area contributed by atoms with Gasteiger partial charge in [-0.1, -0.05) is 0 Å². The van der Waals surface area contributed by atoms with Crippen LogP contribution in [-0.4, -0.2) is 36.5 Å². The molecule has 0 bridgehead atoms. The van der Waals surface area contributed by atoms with E-state index in [1.165, 1.54) is 0 Å². The summed E-state index contributed by atoms with van der Waals surface area (Å²) in [5.41, 5.74) is 9.96. The van der Waals surface area contributed by atoms with Crippen molar-refractivity contribution < 1.29 is 80.9 Å². The molecule has 0 heterocycles. The van der Waals surface area contributed by atoms with Crippen LogP contribution in [0.25, 0.3) is 0 Å². The van der Waals surface area contributed by atoms with Crippen molar-refractivity contribution in [3.05, 3.63) is 0 Å². The second kappa shape index (κ2) is 57.3. The monoisotopic (exact) mass is 485 g/mol. The van der Waals surface area contributed by atoms with Crippen molar-refractivity contribution in [3.63, 3.8) is 0 Å². The molecule has 15 heavy (non-hydrogen) atoms. The van der Waals surface area contributed by atoms with E-state index in [9.17, 15) is 0 Å². The van der Waals surface area contributed by atoms with Crippen molar-refractivity contribution in [2.24, 2.45) is 11.5 Å². The third-order valence-electron chi connectivity index (χ3n) is 0.724. The zero-order valence-corrected chi connectivity index (χ0v) is 13.4. The van der Waals surface area contributed by atoms with Gasteiger partial charge in [0.05, 0.1) is 0 Å². The predicted molar refractivity (Wildman–Crippen MR) is 41.5 cm³/mol. The van der Waals surface area contributed by atoms with Gasteiger partial charge < -0.3 is 71.3 Å². The van der Waals surface area contributed by atoms with Gasteiger partial charge in [-0.05, 0) is 25.9 Å². The maximum atomic E-state index is 7.99. The first-order chi connectivity index (χ1) is 4.83. The summed E-state index contributed by atoms with van der Waals surface area (Å²) in [4.78, 5) is 0.